The minimum atomic E-state index is -0.475. The Morgan fingerprint density at radius 1 is 1.04 bits per heavy atom. The number of anilines is 2. The van der Waals surface area contributed by atoms with Crippen LogP contribution in [0.1, 0.15) is 55.3 Å². The van der Waals surface area contributed by atoms with Gasteiger partial charge < -0.3 is 21.7 Å². The number of hydrogen-bond acceptors (Lipinski definition) is 4. The van der Waals surface area contributed by atoms with Gasteiger partial charge in [-0.05, 0) is 68.6 Å². The van der Waals surface area contributed by atoms with Crippen LogP contribution in [0.5, 0.6) is 0 Å². The third-order valence-electron chi connectivity index (χ3n) is 6.77. The van der Waals surface area contributed by atoms with Gasteiger partial charge in [-0.25, -0.2) is 0 Å². The van der Waals surface area contributed by atoms with Crippen molar-refractivity contribution in [3.05, 3.63) is 23.8 Å². The Kier molecular flexibility index (Phi) is 6.50. The summed E-state index contributed by atoms with van der Waals surface area (Å²) in [5, 5.41) is 3.13. The van der Waals surface area contributed by atoms with Gasteiger partial charge in [0.05, 0.1) is 11.4 Å². The maximum atomic E-state index is 13.1. The van der Waals surface area contributed by atoms with Crippen LogP contribution in [0.15, 0.2) is 18.2 Å². The standard InChI is InChI=1S/C21H30N4O2.ClH/c22-19-13-4-3-5-14(19)11-16(10-13)21(27)24-17-12-15(20(23)26)6-7-18(17)25-8-1-2-9-25;/h6-7,12-14,16,19H,1-5,8-11,22H2,(H2,23,26)(H,24,27);1H. The lowest BCUT2D eigenvalue weighted by molar-refractivity contribution is -0.122. The molecule has 0 aromatic heterocycles. The van der Waals surface area contributed by atoms with Crippen molar-refractivity contribution in [2.75, 3.05) is 23.3 Å². The average molecular weight is 407 g/mol. The smallest absolute Gasteiger partial charge is 0.248 e. The van der Waals surface area contributed by atoms with Gasteiger partial charge in [-0.2, -0.15) is 0 Å². The molecule has 0 spiro atoms. The molecule has 154 valence electrons. The van der Waals surface area contributed by atoms with Gasteiger partial charge in [0.25, 0.3) is 0 Å². The number of fused-ring (bicyclic) bond motifs is 2. The van der Waals surface area contributed by atoms with Crippen LogP contribution < -0.4 is 21.7 Å². The van der Waals surface area contributed by atoms with E-state index in [1.54, 1.807) is 12.1 Å². The first-order chi connectivity index (χ1) is 13.0. The van der Waals surface area contributed by atoms with Crippen molar-refractivity contribution in [1.82, 2.24) is 0 Å². The largest absolute Gasteiger partial charge is 0.370 e. The zero-order valence-corrected chi connectivity index (χ0v) is 17.0. The summed E-state index contributed by atoms with van der Waals surface area (Å²) >= 11 is 0. The summed E-state index contributed by atoms with van der Waals surface area (Å²) in [4.78, 5) is 27.0. The molecule has 1 aliphatic heterocycles. The van der Waals surface area contributed by atoms with Crippen molar-refractivity contribution in [3.8, 4) is 0 Å². The second-order valence-electron chi connectivity index (χ2n) is 8.48. The van der Waals surface area contributed by atoms with Crippen LogP contribution >= 0.6 is 12.4 Å². The monoisotopic (exact) mass is 406 g/mol. The van der Waals surface area contributed by atoms with Gasteiger partial charge in [-0.15, -0.1) is 12.4 Å². The van der Waals surface area contributed by atoms with Crippen LogP contribution in [0.2, 0.25) is 0 Å². The lowest BCUT2D eigenvalue weighted by Crippen LogP contribution is -2.48. The summed E-state index contributed by atoms with van der Waals surface area (Å²) in [6, 6.07) is 5.63. The van der Waals surface area contributed by atoms with E-state index in [0.29, 0.717) is 23.1 Å². The quantitative estimate of drug-likeness (QED) is 0.715. The molecule has 3 fully saturated rings. The van der Waals surface area contributed by atoms with Crippen molar-refractivity contribution >= 4 is 35.6 Å². The van der Waals surface area contributed by atoms with Crippen LogP contribution in [0.25, 0.3) is 0 Å². The molecule has 7 heteroatoms. The molecule has 1 saturated heterocycles. The molecule has 2 unspecified atom stereocenters. The Balaban J connectivity index is 0.00000225. The number of halogens is 1. The summed E-state index contributed by atoms with van der Waals surface area (Å²) < 4.78 is 0. The Morgan fingerprint density at radius 2 is 1.68 bits per heavy atom. The fourth-order valence-corrected chi connectivity index (χ4v) is 5.26. The SMILES string of the molecule is Cl.NC(=O)c1ccc(N2CCCC2)c(NC(=O)C2CC3CCCC(C2)C3N)c1. The predicted molar refractivity (Wildman–Crippen MR) is 114 cm³/mol. The Labute approximate surface area is 172 Å². The molecule has 6 nitrogen and oxygen atoms in total. The van der Waals surface area contributed by atoms with Gasteiger partial charge in [0.2, 0.25) is 11.8 Å². The molecule has 2 aliphatic carbocycles. The molecule has 2 atom stereocenters. The molecule has 2 bridgehead atoms. The molecule has 4 rings (SSSR count). The van der Waals surface area contributed by atoms with E-state index in [1.807, 2.05) is 6.07 Å². The summed E-state index contributed by atoms with van der Waals surface area (Å²) in [6.45, 7) is 1.95. The molecular formula is C21H31ClN4O2. The molecule has 0 radical (unpaired) electrons. The lowest BCUT2D eigenvalue weighted by Gasteiger charge is -2.43. The molecule has 1 heterocycles. The summed E-state index contributed by atoms with van der Waals surface area (Å²) in [5.74, 6) is 0.507. The van der Waals surface area contributed by atoms with Gasteiger partial charge in [0, 0.05) is 30.6 Å². The van der Waals surface area contributed by atoms with Crippen molar-refractivity contribution in [2.24, 2.45) is 29.2 Å². The van der Waals surface area contributed by atoms with Crippen LogP contribution in [0.4, 0.5) is 11.4 Å². The van der Waals surface area contributed by atoms with Gasteiger partial charge >= 0.3 is 0 Å². The van der Waals surface area contributed by atoms with Crippen molar-refractivity contribution in [1.29, 1.82) is 0 Å². The minimum Gasteiger partial charge on any atom is -0.370 e. The zero-order chi connectivity index (χ0) is 19.0. The normalized spacial score (nSPS) is 29.1. The van der Waals surface area contributed by atoms with Gasteiger partial charge in [0.15, 0.2) is 0 Å². The van der Waals surface area contributed by atoms with Crippen LogP contribution in [0, 0.1) is 17.8 Å². The first-order valence-corrected chi connectivity index (χ1v) is 10.3. The second kappa shape index (κ2) is 8.70. The second-order valence-corrected chi connectivity index (χ2v) is 8.48. The Bertz CT molecular complexity index is 721. The zero-order valence-electron chi connectivity index (χ0n) is 16.2. The van der Waals surface area contributed by atoms with Crippen LogP contribution in [-0.4, -0.2) is 30.9 Å². The third kappa shape index (κ3) is 4.13. The van der Waals surface area contributed by atoms with E-state index >= 15 is 0 Å². The number of amides is 2. The molecule has 2 saturated carbocycles. The summed E-state index contributed by atoms with van der Waals surface area (Å²) in [6.07, 6.45) is 7.55. The van der Waals surface area contributed by atoms with E-state index < -0.39 is 5.91 Å². The maximum Gasteiger partial charge on any atom is 0.248 e. The molecule has 1 aromatic carbocycles. The molecule has 3 aliphatic rings. The van der Waals surface area contributed by atoms with Crippen molar-refractivity contribution in [3.63, 3.8) is 0 Å². The number of carbonyl (C=O) groups is 2. The molecule has 28 heavy (non-hydrogen) atoms. The maximum absolute atomic E-state index is 13.1. The number of nitrogens with two attached hydrogens (primary N) is 2. The molecule has 2 amide bonds. The fourth-order valence-electron chi connectivity index (χ4n) is 5.26. The third-order valence-corrected chi connectivity index (χ3v) is 6.77. The lowest BCUT2D eigenvalue weighted by atomic mass is 9.65. The predicted octanol–water partition coefficient (Wildman–Crippen LogP) is 2.90. The fraction of sp³-hybridized carbons (Fsp3) is 0.619. The highest BCUT2D eigenvalue weighted by Gasteiger charge is 2.40. The van der Waals surface area contributed by atoms with E-state index in [9.17, 15) is 9.59 Å². The highest BCUT2D eigenvalue weighted by molar-refractivity contribution is 6.00. The molecular weight excluding hydrogens is 376 g/mol. The Hall–Kier alpha value is -1.79. The molecule has 5 N–H and O–H groups in total. The first kappa shape index (κ1) is 20.9. The number of hydrogen-bond donors (Lipinski definition) is 3. The number of primary amides is 1. The van der Waals surface area contributed by atoms with Crippen LogP contribution in [-0.2, 0) is 4.79 Å². The number of carbonyl (C=O) groups excluding carboxylic acids is 2. The summed E-state index contributed by atoms with van der Waals surface area (Å²) in [5.41, 5.74) is 13.9. The van der Waals surface area contributed by atoms with Gasteiger partial charge in [-0.1, -0.05) is 6.42 Å². The van der Waals surface area contributed by atoms with E-state index in [2.05, 4.69) is 10.2 Å². The summed E-state index contributed by atoms with van der Waals surface area (Å²) in [7, 11) is 0. The highest BCUT2D eigenvalue weighted by Crippen LogP contribution is 2.42. The van der Waals surface area contributed by atoms with E-state index in [4.69, 9.17) is 11.5 Å². The molecule has 1 aromatic rings. The van der Waals surface area contributed by atoms with Gasteiger partial charge in [0.1, 0.15) is 0 Å². The van der Waals surface area contributed by atoms with Crippen LogP contribution in [0.3, 0.4) is 0 Å². The number of nitrogens with one attached hydrogen (secondary N) is 1. The minimum absolute atomic E-state index is 0. The van der Waals surface area contributed by atoms with Crippen molar-refractivity contribution in [2.45, 2.75) is 51.0 Å². The number of benzene rings is 1. The topological polar surface area (TPSA) is 101 Å². The van der Waals surface area contributed by atoms with E-state index in [1.165, 1.54) is 6.42 Å². The van der Waals surface area contributed by atoms with Crippen molar-refractivity contribution < 1.29 is 9.59 Å². The van der Waals surface area contributed by atoms with E-state index in [0.717, 1.165) is 57.3 Å². The Morgan fingerprint density at radius 3 is 2.29 bits per heavy atom. The van der Waals surface area contributed by atoms with Gasteiger partial charge in [-0.3, -0.25) is 9.59 Å². The van der Waals surface area contributed by atoms with E-state index in [-0.39, 0.29) is 30.3 Å². The average Bonchev–Trinajstić information content (AvgIpc) is 3.15. The number of rotatable bonds is 4. The highest BCUT2D eigenvalue weighted by atomic mass is 35.5. The number of nitrogens with zero attached hydrogens (tertiary/aromatic N) is 1. The first-order valence-electron chi connectivity index (χ1n) is 10.3.